The van der Waals surface area contributed by atoms with Gasteiger partial charge in [0.25, 0.3) is 5.91 Å². The smallest absolute Gasteiger partial charge is 0.254 e. The first-order chi connectivity index (χ1) is 7.18. The van der Waals surface area contributed by atoms with Crippen molar-refractivity contribution in [3.63, 3.8) is 0 Å². The van der Waals surface area contributed by atoms with Crippen molar-refractivity contribution in [2.75, 3.05) is 13.1 Å². The van der Waals surface area contributed by atoms with Gasteiger partial charge >= 0.3 is 0 Å². The van der Waals surface area contributed by atoms with Crippen LogP contribution in [0.3, 0.4) is 0 Å². The summed E-state index contributed by atoms with van der Waals surface area (Å²) in [6, 6.07) is 4.80. The Bertz CT molecular complexity index is 393. The monoisotopic (exact) mass is 272 g/mol. The van der Waals surface area contributed by atoms with E-state index in [-0.39, 0.29) is 17.5 Å². The van der Waals surface area contributed by atoms with Gasteiger partial charge in [-0.3, -0.25) is 4.79 Å². The molecule has 2 N–H and O–H groups in total. The van der Waals surface area contributed by atoms with Crippen molar-refractivity contribution < 1.29 is 9.18 Å². The second-order valence-electron chi connectivity index (χ2n) is 3.43. The van der Waals surface area contributed by atoms with Crippen molar-refractivity contribution in [2.24, 2.45) is 0 Å². The molecule has 0 aliphatic carbocycles. The number of hydrogen-bond acceptors (Lipinski definition) is 2. The molecule has 1 aliphatic rings. The Morgan fingerprint density at radius 3 is 2.87 bits per heavy atom. The predicted octanol–water partition coefficient (Wildman–Crippen LogP) is 1.29. The second kappa shape index (κ2) is 4.28. The molecule has 1 aromatic carbocycles. The third-order valence-corrected chi connectivity index (χ3v) is 2.93. The lowest BCUT2D eigenvalue weighted by Gasteiger charge is -2.27. The number of benzene rings is 1. The number of carbonyl (C=O) groups is 1. The van der Waals surface area contributed by atoms with Gasteiger partial charge in [0.2, 0.25) is 0 Å². The van der Waals surface area contributed by atoms with E-state index in [2.05, 4.69) is 26.6 Å². The molecule has 1 aliphatic heterocycles. The van der Waals surface area contributed by atoms with Gasteiger partial charge in [0, 0.05) is 13.1 Å². The Labute approximate surface area is 95.2 Å². The fourth-order valence-corrected chi connectivity index (χ4v) is 1.70. The molecule has 80 valence electrons. The number of amides is 1. The van der Waals surface area contributed by atoms with Gasteiger partial charge in [-0.2, -0.15) is 0 Å². The Kier molecular flexibility index (Phi) is 3.02. The molecule has 1 heterocycles. The minimum atomic E-state index is -0.512. The predicted molar refractivity (Wildman–Crippen MR) is 58.2 cm³/mol. The number of nitrogens with one attached hydrogen (secondary N) is 2. The standard InChI is InChI=1S/C10H10BrFN2O/c11-8-3-1-2-7(9(8)12)10(15)14-6-4-13-5-6/h1-3,6,13H,4-5H2,(H,14,15). The molecule has 0 saturated carbocycles. The fourth-order valence-electron chi connectivity index (χ4n) is 1.33. The highest BCUT2D eigenvalue weighted by Gasteiger charge is 2.21. The number of rotatable bonds is 2. The molecule has 2 rings (SSSR count). The highest BCUT2D eigenvalue weighted by atomic mass is 79.9. The summed E-state index contributed by atoms with van der Waals surface area (Å²) in [7, 11) is 0. The molecule has 0 radical (unpaired) electrons. The van der Waals surface area contributed by atoms with Gasteiger partial charge in [-0.05, 0) is 28.1 Å². The summed E-state index contributed by atoms with van der Waals surface area (Å²) in [5.41, 5.74) is 0.0799. The van der Waals surface area contributed by atoms with Crippen LogP contribution in [0.15, 0.2) is 22.7 Å². The maximum Gasteiger partial charge on any atom is 0.254 e. The van der Waals surface area contributed by atoms with E-state index < -0.39 is 5.82 Å². The quantitative estimate of drug-likeness (QED) is 0.852. The summed E-state index contributed by atoms with van der Waals surface area (Å²) in [6.07, 6.45) is 0. The summed E-state index contributed by atoms with van der Waals surface area (Å²) >= 11 is 3.04. The van der Waals surface area contributed by atoms with Crippen LogP contribution < -0.4 is 10.6 Å². The van der Waals surface area contributed by atoms with E-state index in [1.54, 1.807) is 12.1 Å². The van der Waals surface area contributed by atoms with Gasteiger partial charge in [0.15, 0.2) is 0 Å². The van der Waals surface area contributed by atoms with Gasteiger partial charge in [0.05, 0.1) is 16.1 Å². The zero-order valence-corrected chi connectivity index (χ0v) is 9.47. The third kappa shape index (κ3) is 2.18. The van der Waals surface area contributed by atoms with Crippen LogP contribution in [-0.4, -0.2) is 25.0 Å². The zero-order chi connectivity index (χ0) is 10.8. The van der Waals surface area contributed by atoms with E-state index >= 15 is 0 Å². The lowest BCUT2D eigenvalue weighted by Crippen LogP contribution is -2.57. The molecule has 0 spiro atoms. The molecule has 0 bridgehead atoms. The molecule has 15 heavy (non-hydrogen) atoms. The first-order valence-electron chi connectivity index (χ1n) is 4.64. The van der Waals surface area contributed by atoms with Crippen LogP contribution in [0, 0.1) is 5.82 Å². The topological polar surface area (TPSA) is 41.1 Å². The molecule has 1 fully saturated rings. The summed E-state index contributed by atoms with van der Waals surface area (Å²) in [6.45, 7) is 1.50. The lowest BCUT2D eigenvalue weighted by molar-refractivity contribution is 0.0919. The van der Waals surface area contributed by atoms with Crippen LogP contribution in [0.4, 0.5) is 4.39 Å². The van der Waals surface area contributed by atoms with Crippen LogP contribution in [-0.2, 0) is 0 Å². The average Bonchev–Trinajstić information content (AvgIpc) is 2.15. The Morgan fingerprint density at radius 2 is 2.27 bits per heavy atom. The molecule has 3 nitrogen and oxygen atoms in total. The molecule has 0 aromatic heterocycles. The maximum absolute atomic E-state index is 13.5. The molecular formula is C10H10BrFN2O. The average molecular weight is 273 g/mol. The lowest BCUT2D eigenvalue weighted by atomic mass is 10.1. The van der Waals surface area contributed by atoms with Crippen molar-refractivity contribution in [3.05, 3.63) is 34.1 Å². The summed E-state index contributed by atoms with van der Waals surface area (Å²) < 4.78 is 13.8. The summed E-state index contributed by atoms with van der Waals surface area (Å²) in [5.74, 6) is -0.873. The molecule has 1 aromatic rings. The van der Waals surface area contributed by atoms with Crippen LogP contribution in [0.25, 0.3) is 0 Å². The number of halogens is 2. The van der Waals surface area contributed by atoms with E-state index in [0.29, 0.717) is 4.47 Å². The zero-order valence-electron chi connectivity index (χ0n) is 7.89. The van der Waals surface area contributed by atoms with Crippen molar-refractivity contribution in [1.29, 1.82) is 0 Å². The van der Waals surface area contributed by atoms with Crippen LogP contribution in [0.2, 0.25) is 0 Å². The first kappa shape index (κ1) is 10.6. The number of carbonyl (C=O) groups excluding carboxylic acids is 1. The van der Waals surface area contributed by atoms with Crippen LogP contribution >= 0.6 is 15.9 Å². The second-order valence-corrected chi connectivity index (χ2v) is 4.28. The van der Waals surface area contributed by atoms with Gasteiger partial charge in [0.1, 0.15) is 5.82 Å². The largest absolute Gasteiger partial charge is 0.347 e. The Balaban J connectivity index is 2.13. The Morgan fingerprint density at radius 1 is 1.53 bits per heavy atom. The molecule has 0 unspecified atom stereocenters. The summed E-state index contributed by atoms with van der Waals surface area (Å²) in [4.78, 5) is 11.6. The van der Waals surface area contributed by atoms with Crippen molar-refractivity contribution >= 4 is 21.8 Å². The fraction of sp³-hybridized carbons (Fsp3) is 0.300. The van der Waals surface area contributed by atoms with Gasteiger partial charge in [-0.1, -0.05) is 6.07 Å². The minimum Gasteiger partial charge on any atom is -0.347 e. The normalized spacial score (nSPS) is 15.9. The molecule has 0 atom stereocenters. The molecule has 1 saturated heterocycles. The number of hydrogen-bond donors (Lipinski definition) is 2. The highest BCUT2D eigenvalue weighted by Crippen LogP contribution is 2.18. The minimum absolute atomic E-state index is 0.0799. The van der Waals surface area contributed by atoms with Crippen molar-refractivity contribution in [3.8, 4) is 0 Å². The van der Waals surface area contributed by atoms with E-state index in [9.17, 15) is 9.18 Å². The SMILES string of the molecule is O=C(NC1CNC1)c1cccc(Br)c1F. The van der Waals surface area contributed by atoms with Gasteiger partial charge < -0.3 is 10.6 Å². The first-order valence-corrected chi connectivity index (χ1v) is 5.43. The van der Waals surface area contributed by atoms with E-state index in [4.69, 9.17) is 0 Å². The van der Waals surface area contributed by atoms with E-state index in [1.165, 1.54) is 6.07 Å². The maximum atomic E-state index is 13.5. The molecule has 1 amide bonds. The molecular weight excluding hydrogens is 263 g/mol. The Hall–Kier alpha value is -0.940. The van der Waals surface area contributed by atoms with Crippen LogP contribution in [0.1, 0.15) is 10.4 Å². The van der Waals surface area contributed by atoms with Gasteiger partial charge in [-0.25, -0.2) is 4.39 Å². The van der Waals surface area contributed by atoms with E-state index in [0.717, 1.165) is 13.1 Å². The van der Waals surface area contributed by atoms with Crippen molar-refractivity contribution in [1.82, 2.24) is 10.6 Å². The van der Waals surface area contributed by atoms with Gasteiger partial charge in [-0.15, -0.1) is 0 Å². The van der Waals surface area contributed by atoms with Crippen molar-refractivity contribution in [2.45, 2.75) is 6.04 Å². The summed E-state index contributed by atoms with van der Waals surface area (Å²) in [5, 5.41) is 5.76. The molecule has 5 heteroatoms. The third-order valence-electron chi connectivity index (χ3n) is 2.31. The highest BCUT2D eigenvalue weighted by molar-refractivity contribution is 9.10. The van der Waals surface area contributed by atoms with E-state index in [1.807, 2.05) is 0 Å². The van der Waals surface area contributed by atoms with Crippen LogP contribution in [0.5, 0.6) is 0 Å².